The van der Waals surface area contributed by atoms with Crippen LogP contribution in [0.15, 0.2) is 17.2 Å². The van der Waals surface area contributed by atoms with E-state index in [4.69, 9.17) is 11.6 Å². The van der Waals surface area contributed by atoms with E-state index in [1.807, 2.05) is 0 Å². The summed E-state index contributed by atoms with van der Waals surface area (Å²) >= 11 is 5.70. The highest BCUT2D eigenvalue weighted by Crippen LogP contribution is 2.38. The molecule has 4 heteroatoms. The van der Waals surface area contributed by atoms with Gasteiger partial charge in [0, 0.05) is 18.9 Å². The lowest BCUT2D eigenvalue weighted by molar-refractivity contribution is 0.277. The molecule has 1 aliphatic carbocycles. The molecule has 15 heavy (non-hydrogen) atoms. The molecule has 82 valence electrons. The third kappa shape index (κ3) is 2.23. The highest BCUT2D eigenvalue weighted by atomic mass is 35.5. The fourth-order valence-corrected chi connectivity index (χ4v) is 2.51. The molecule has 0 radical (unpaired) electrons. The molecule has 1 aliphatic rings. The molecule has 0 amide bonds. The summed E-state index contributed by atoms with van der Waals surface area (Å²) in [6, 6.07) is 0. The van der Waals surface area contributed by atoms with Crippen molar-refractivity contribution >= 4 is 11.6 Å². The van der Waals surface area contributed by atoms with Gasteiger partial charge >= 0.3 is 0 Å². The van der Waals surface area contributed by atoms with Gasteiger partial charge in [0.2, 0.25) is 0 Å². The summed E-state index contributed by atoms with van der Waals surface area (Å²) in [4.78, 5) is 15.4. The Bertz CT molecular complexity index is 407. The van der Waals surface area contributed by atoms with E-state index >= 15 is 0 Å². The molecular weight excluding hydrogens is 212 g/mol. The zero-order chi connectivity index (χ0) is 10.9. The lowest BCUT2D eigenvalue weighted by atomic mass is 9.89. The van der Waals surface area contributed by atoms with Crippen LogP contribution >= 0.6 is 11.6 Å². The van der Waals surface area contributed by atoms with Crippen molar-refractivity contribution in [2.24, 2.45) is 5.41 Å². The third-order valence-corrected chi connectivity index (χ3v) is 3.49. The minimum Gasteiger partial charge on any atom is -0.311 e. The van der Waals surface area contributed by atoms with Gasteiger partial charge in [-0.25, -0.2) is 4.98 Å². The Hall–Kier alpha value is -0.830. The Morgan fingerprint density at radius 2 is 2.20 bits per heavy atom. The van der Waals surface area contributed by atoms with Crippen molar-refractivity contribution in [3.63, 3.8) is 0 Å². The van der Waals surface area contributed by atoms with Gasteiger partial charge in [-0.05, 0) is 18.3 Å². The van der Waals surface area contributed by atoms with E-state index in [0.29, 0.717) is 0 Å². The van der Waals surface area contributed by atoms with Crippen LogP contribution in [0.2, 0.25) is 5.15 Å². The van der Waals surface area contributed by atoms with Gasteiger partial charge in [-0.1, -0.05) is 31.4 Å². The summed E-state index contributed by atoms with van der Waals surface area (Å²) in [6.07, 6.45) is 8.23. The highest BCUT2D eigenvalue weighted by Gasteiger charge is 2.29. The van der Waals surface area contributed by atoms with E-state index in [0.717, 1.165) is 6.54 Å². The maximum absolute atomic E-state index is 11.7. The minimum absolute atomic E-state index is 0.0686. The van der Waals surface area contributed by atoms with E-state index < -0.39 is 0 Å². The predicted molar refractivity (Wildman–Crippen MR) is 60.1 cm³/mol. The zero-order valence-electron chi connectivity index (χ0n) is 8.87. The van der Waals surface area contributed by atoms with Crippen molar-refractivity contribution in [2.45, 2.75) is 39.2 Å². The van der Waals surface area contributed by atoms with Crippen LogP contribution in [0.1, 0.15) is 32.6 Å². The van der Waals surface area contributed by atoms with Crippen molar-refractivity contribution < 1.29 is 0 Å². The van der Waals surface area contributed by atoms with Crippen LogP contribution in [0.4, 0.5) is 0 Å². The van der Waals surface area contributed by atoms with E-state index in [-0.39, 0.29) is 16.1 Å². The first-order chi connectivity index (χ1) is 7.11. The lowest BCUT2D eigenvalue weighted by Crippen LogP contribution is -2.28. The summed E-state index contributed by atoms with van der Waals surface area (Å²) in [6.45, 7) is 2.99. The molecule has 1 saturated carbocycles. The average Bonchev–Trinajstić information content (AvgIpc) is 2.60. The highest BCUT2D eigenvalue weighted by molar-refractivity contribution is 6.29. The van der Waals surface area contributed by atoms with Crippen LogP contribution in [0.3, 0.4) is 0 Å². The normalized spacial score (nSPS) is 19.3. The van der Waals surface area contributed by atoms with Gasteiger partial charge in [-0.2, -0.15) is 0 Å². The monoisotopic (exact) mass is 226 g/mol. The van der Waals surface area contributed by atoms with Gasteiger partial charge in [-0.15, -0.1) is 0 Å². The fourth-order valence-electron chi connectivity index (χ4n) is 2.34. The van der Waals surface area contributed by atoms with E-state index in [9.17, 15) is 4.79 Å². The van der Waals surface area contributed by atoms with Crippen molar-refractivity contribution in [1.29, 1.82) is 0 Å². The molecule has 0 spiro atoms. The predicted octanol–water partition coefficient (Wildman–Crippen LogP) is 2.48. The van der Waals surface area contributed by atoms with E-state index in [1.165, 1.54) is 25.7 Å². The van der Waals surface area contributed by atoms with E-state index in [2.05, 4.69) is 11.9 Å². The summed E-state index contributed by atoms with van der Waals surface area (Å²) in [7, 11) is 0. The molecule has 0 aliphatic heterocycles. The van der Waals surface area contributed by atoms with Crippen molar-refractivity contribution in [2.75, 3.05) is 0 Å². The summed E-state index contributed by atoms with van der Waals surface area (Å²) in [5.74, 6) is 0. The van der Waals surface area contributed by atoms with Crippen LogP contribution in [0, 0.1) is 5.41 Å². The molecule has 0 saturated heterocycles. The molecule has 0 aromatic carbocycles. The van der Waals surface area contributed by atoms with Crippen LogP contribution < -0.4 is 5.56 Å². The van der Waals surface area contributed by atoms with Crippen LogP contribution in [-0.4, -0.2) is 9.55 Å². The number of nitrogens with zero attached hydrogens (tertiary/aromatic N) is 2. The first-order valence-electron chi connectivity index (χ1n) is 5.32. The van der Waals surface area contributed by atoms with Gasteiger partial charge in [-0.3, -0.25) is 4.79 Å². The van der Waals surface area contributed by atoms with Crippen LogP contribution in [0.5, 0.6) is 0 Å². The van der Waals surface area contributed by atoms with Crippen LogP contribution in [0.25, 0.3) is 0 Å². The number of rotatable bonds is 2. The lowest BCUT2D eigenvalue weighted by Gasteiger charge is -2.24. The fraction of sp³-hybridized carbons (Fsp3) is 0.636. The zero-order valence-corrected chi connectivity index (χ0v) is 9.63. The molecule has 0 atom stereocenters. The third-order valence-electron chi connectivity index (χ3n) is 3.23. The van der Waals surface area contributed by atoms with Gasteiger partial charge in [0.15, 0.2) is 5.15 Å². The molecular formula is C11H15ClN2O. The van der Waals surface area contributed by atoms with Gasteiger partial charge in [0.05, 0.1) is 0 Å². The second-order valence-electron chi connectivity index (χ2n) is 4.67. The summed E-state index contributed by atoms with van der Waals surface area (Å²) < 4.78 is 1.68. The Morgan fingerprint density at radius 1 is 1.53 bits per heavy atom. The topological polar surface area (TPSA) is 34.9 Å². The molecule has 1 fully saturated rings. The smallest absolute Gasteiger partial charge is 0.288 e. The number of halogens is 1. The van der Waals surface area contributed by atoms with Gasteiger partial charge < -0.3 is 4.57 Å². The van der Waals surface area contributed by atoms with E-state index in [1.54, 1.807) is 17.0 Å². The molecule has 1 aromatic heterocycles. The maximum Gasteiger partial charge on any atom is 0.288 e. The quantitative estimate of drug-likeness (QED) is 0.777. The summed E-state index contributed by atoms with van der Waals surface area (Å²) in [5, 5.41) is 0.0686. The first-order valence-corrected chi connectivity index (χ1v) is 5.69. The second kappa shape index (κ2) is 3.97. The largest absolute Gasteiger partial charge is 0.311 e. The molecule has 0 bridgehead atoms. The Kier molecular flexibility index (Phi) is 2.83. The average molecular weight is 227 g/mol. The van der Waals surface area contributed by atoms with Gasteiger partial charge in [0.1, 0.15) is 0 Å². The number of hydrogen-bond donors (Lipinski definition) is 0. The Balaban J connectivity index is 2.24. The van der Waals surface area contributed by atoms with Crippen LogP contribution in [-0.2, 0) is 6.54 Å². The number of aromatic nitrogens is 2. The number of hydrogen-bond acceptors (Lipinski definition) is 2. The Labute approximate surface area is 94.1 Å². The first kappa shape index (κ1) is 10.7. The van der Waals surface area contributed by atoms with Crippen molar-refractivity contribution in [1.82, 2.24) is 9.55 Å². The molecule has 1 aromatic rings. The minimum atomic E-state index is -0.174. The molecule has 2 rings (SSSR count). The molecule has 3 nitrogen and oxygen atoms in total. The van der Waals surface area contributed by atoms with Crippen molar-refractivity contribution in [3.05, 3.63) is 27.9 Å². The summed E-state index contributed by atoms with van der Waals surface area (Å²) in [5.41, 5.74) is 0.0846. The SMILES string of the molecule is CC1(Cn2ccnc(Cl)c2=O)CCCC1. The molecule has 0 N–H and O–H groups in total. The van der Waals surface area contributed by atoms with Crippen molar-refractivity contribution in [3.8, 4) is 0 Å². The molecule has 1 heterocycles. The standard InChI is InChI=1S/C11H15ClN2O/c1-11(4-2-3-5-11)8-14-7-6-13-9(12)10(14)15/h6-7H,2-5,8H2,1H3. The second-order valence-corrected chi connectivity index (χ2v) is 5.03. The maximum atomic E-state index is 11.7. The molecule has 0 unspecified atom stereocenters. The Morgan fingerprint density at radius 3 is 2.87 bits per heavy atom. The van der Waals surface area contributed by atoms with Gasteiger partial charge in [0.25, 0.3) is 5.56 Å².